The molecule has 0 bridgehead atoms. The minimum absolute atomic E-state index is 0.0369. The second kappa shape index (κ2) is 12.1. The van der Waals surface area contributed by atoms with E-state index in [1.807, 2.05) is 5.92 Å². The van der Waals surface area contributed by atoms with Crippen molar-refractivity contribution in [2.45, 2.75) is 6.92 Å². The maximum absolute atomic E-state index is 12.3. The molecule has 0 aliphatic carbocycles. The summed E-state index contributed by atoms with van der Waals surface area (Å²) in [5.41, 5.74) is 6.45. The highest BCUT2D eigenvalue weighted by Crippen LogP contribution is 2.16. The van der Waals surface area contributed by atoms with Crippen LogP contribution in [0.3, 0.4) is 0 Å². The van der Waals surface area contributed by atoms with Gasteiger partial charge in [-0.15, -0.1) is 0 Å². The first-order valence-electron chi connectivity index (χ1n) is 9.91. The zero-order valence-electron chi connectivity index (χ0n) is 18.7. The number of aliphatic carboxylic acids is 1. The van der Waals surface area contributed by atoms with Crippen molar-refractivity contribution < 1.29 is 43.7 Å². The molecule has 0 fully saturated rings. The van der Waals surface area contributed by atoms with Gasteiger partial charge < -0.3 is 25.4 Å². The van der Waals surface area contributed by atoms with Crippen LogP contribution in [0.25, 0.3) is 6.08 Å². The molecule has 0 aliphatic rings. The lowest BCUT2D eigenvalue weighted by molar-refractivity contribution is -0.133. The van der Waals surface area contributed by atoms with Gasteiger partial charge in [-0.2, -0.15) is 0 Å². The number of amidine groups is 1. The van der Waals surface area contributed by atoms with Gasteiger partial charge in [-0.05, 0) is 55.0 Å². The number of esters is 2. The van der Waals surface area contributed by atoms with Gasteiger partial charge in [-0.1, -0.05) is 18.1 Å². The molecule has 184 valence electrons. The second-order valence-corrected chi connectivity index (χ2v) is 6.91. The largest absolute Gasteiger partial charge is 0.472 e. The maximum atomic E-state index is 12.3. The molecule has 12 nitrogen and oxygen atoms in total. The van der Waals surface area contributed by atoms with Gasteiger partial charge in [0.05, 0.1) is 12.1 Å². The SMILES string of the molecule is CC(=Cc1ccc(C(=O)Oc2ccc(C(=N)N)cc2)cc1)C(=O)OC(=O)N(CC#CC(=O)O)C(=O)O. The van der Waals surface area contributed by atoms with Crippen molar-refractivity contribution in [2.24, 2.45) is 5.73 Å². The van der Waals surface area contributed by atoms with Crippen molar-refractivity contribution in [2.75, 3.05) is 6.54 Å². The van der Waals surface area contributed by atoms with E-state index in [0.717, 1.165) is 0 Å². The molecule has 0 heterocycles. The number of nitrogens with zero attached hydrogens (tertiary/aromatic N) is 1. The molecule has 0 radical (unpaired) electrons. The lowest BCUT2D eigenvalue weighted by Crippen LogP contribution is -2.37. The highest BCUT2D eigenvalue weighted by molar-refractivity contribution is 6.01. The van der Waals surface area contributed by atoms with E-state index in [1.54, 1.807) is 5.92 Å². The van der Waals surface area contributed by atoms with Crippen molar-refractivity contribution in [1.29, 1.82) is 5.41 Å². The smallest absolute Gasteiger partial charge is 0.428 e. The summed E-state index contributed by atoms with van der Waals surface area (Å²) >= 11 is 0. The van der Waals surface area contributed by atoms with Crippen LogP contribution in [-0.2, 0) is 14.3 Å². The Kier molecular flexibility index (Phi) is 9.04. The fourth-order valence-corrected chi connectivity index (χ4v) is 2.51. The first-order chi connectivity index (χ1) is 17.0. The third-order valence-corrected chi connectivity index (χ3v) is 4.29. The number of ether oxygens (including phenoxy) is 2. The fraction of sp³-hybridized carbons (Fsp3) is 0.0833. The summed E-state index contributed by atoms with van der Waals surface area (Å²) in [6.07, 6.45) is -2.00. The first-order valence-corrected chi connectivity index (χ1v) is 9.91. The van der Waals surface area contributed by atoms with Crippen LogP contribution in [0.2, 0.25) is 0 Å². The van der Waals surface area contributed by atoms with E-state index in [1.165, 1.54) is 61.5 Å². The number of nitrogens with two attached hydrogens (primary N) is 1. The van der Waals surface area contributed by atoms with Crippen molar-refractivity contribution in [3.63, 3.8) is 0 Å². The Morgan fingerprint density at radius 1 is 1.00 bits per heavy atom. The number of hydrogen-bond donors (Lipinski definition) is 4. The molecule has 2 aromatic carbocycles. The van der Waals surface area contributed by atoms with Gasteiger partial charge in [0.1, 0.15) is 11.6 Å². The number of carbonyl (C=O) groups is 5. The second-order valence-electron chi connectivity index (χ2n) is 6.91. The normalized spacial score (nSPS) is 10.3. The van der Waals surface area contributed by atoms with Crippen LogP contribution >= 0.6 is 0 Å². The molecule has 0 atom stereocenters. The Hall–Kier alpha value is -5.44. The molecule has 2 amide bonds. The van der Waals surface area contributed by atoms with E-state index in [9.17, 15) is 24.0 Å². The van der Waals surface area contributed by atoms with Crippen LogP contribution in [-0.4, -0.2) is 57.6 Å². The molecule has 2 aromatic rings. The summed E-state index contributed by atoms with van der Waals surface area (Å²) in [4.78, 5) is 58.0. The third-order valence-electron chi connectivity index (χ3n) is 4.29. The maximum Gasteiger partial charge on any atom is 0.428 e. The summed E-state index contributed by atoms with van der Waals surface area (Å²) < 4.78 is 9.75. The Morgan fingerprint density at radius 3 is 2.11 bits per heavy atom. The van der Waals surface area contributed by atoms with E-state index in [-0.39, 0.29) is 27.6 Å². The monoisotopic (exact) mass is 493 g/mol. The quantitative estimate of drug-likeness (QED) is 0.0881. The van der Waals surface area contributed by atoms with Crippen molar-refractivity contribution in [3.8, 4) is 17.6 Å². The molecule has 0 aromatic heterocycles. The summed E-state index contributed by atoms with van der Waals surface area (Å²) in [6.45, 7) is 0.507. The Morgan fingerprint density at radius 2 is 1.58 bits per heavy atom. The molecule has 0 unspecified atom stereocenters. The number of amides is 2. The summed E-state index contributed by atoms with van der Waals surface area (Å²) in [7, 11) is 0. The van der Waals surface area contributed by atoms with E-state index < -0.39 is 36.6 Å². The number of nitrogens with one attached hydrogen (secondary N) is 1. The van der Waals surface area contributed by atoms with E-state index >= 15 is 0 Å². The van der Waals surface area contributed by atoms with Crippen LogP contribution in [0, 0.1) is 17.3 Å². The molecule has 0 saturated carbocycles. The molecular formula is C24H19N3O9. The minimum Gasteiger partial charge on any atom is -0.472 e. The van der Waals surface area contributed by atoms with Gasteiger partial charge in [0.25, 0.3) is 0 Å². The van der Waals surface area contributed by atoms with Crippen molar-refractivity contribution in [3.05, 3.63) is 70.8 Å². The first kappa shape index (κ1) is 26.8. The highest BCUT2D eigenvalue weighted by Gasteiger charge is 2.24. The van der Waals surface area contributed by atoms with Crippen LogP contribution in [0.15, 0.2) is 54.1 Å². The van der Waals surface area contributed by atoms with Gasteiger partial charge in [-0.3, -0.25) is 5.41 Å². The Labute approximate surface area is 204 Å². The van der Waals surface area contributed by atoms with Crippen LogP contribution < -0.4 is 10.5 Å². The lowest BCUT2D eigenvalue weighted by Gasteiger charge is -2.13. The zero-order valence-corrected chi connectivity index (χ0v) is 18.7. The predicted octanol–water partition coefficient (Wildman–Crippen LogP) is 2.32. The van der Waals surface area contributed by atoms with E-state index in [4.69, 9.17) is 26.1 Å². The molecule has 2 rings (SSSR count). The Bertz CT molecular complexity index is 1300. The number of carboxylic acids is 1. The molecule has 0 spiro atoms. The number of carboxylic acid groups (broad SMARTS) is 2. The number of carbonyl (C=O) groups excluding carboxylic acids is 3. The average molecular weight is 493 g/mol. The standard InChI is InChI=1S/C24H19N3O9/c1-14(21(30)36-24(34)27(23(32)33)12-2-3-19(28)29)13-15-4-6-17(7-5-15)22(31)35-18-10-8-16(9-11-18)20(25)26/h4-11,13H,12H2,1H3,(H3,25,26)(H,28,29)(H,32,33). The molecule has 0 saturated heterocycles. The van der Waals surface area contributed by atoms with E-state index in [0.29, 0.717) is 11.1 Å². The summed E-state index contributed by atoms with van der Waals surface area (Å²) in [5, 5.41) is 24.8. The van der Waals surface area contributed by atoms with E-state index in [2.05, 4.69) is 4.74 Å². The van der Waals surface area contributed by atoms with Crippen LogP contribution in [0.1, 0.15) is 28.4 Å². The van der Waals surface area contributed by atoms with Crippen molar-refractivity contribution in [1.82, 2.24) is 4.90 Å². The highest BCUT2D eigenvalue weighted by atomic mass is 16.6. The number of nitrogen functional groups attached to an aromatic ring is 1. The van der Waals surface area contributed by atoms with Gasteiger partial charge in [0.2, 0.25) is 0 Å². The average Bonchev–Trinajstić information content (AvgIpc) is 2.82. The zero-order chi connectivity index (χ0) is 26.8. The summed E-state index contributed by atoms with van der Waals surface area (Å²) in [6, 6.07) is 11.9. The van der Waals surface area contributed by atoms with Gasteiger partial charge >= 0.3 is 30.1 Å². The summed E-state index contributed by atoms with van der Waals surface area (Å²) in [5.74, 6) is 0.397. The molecule has 36 heavy (non-hydrogen) atoms. The van der Waals surface area contributed by atoms with Crippen molar-refractivity contribution >= 4 is 42.0 Å². The number of benzene rings is 2. The molecule has 5 N–H and O–H groups in total. The number of imide groups is 1. The number of rotatable bonds is 6. The van der Waals surface area contributed by atoms with Gasteiger partial charge in [0.15, 0.2) is 0 Å². The number of hydrogen-bond acceptors (Lipinski definition) is 8. The predicted molar refractivity (Wildman–Crippen MR) is 124 cm³/mol. The molecule has 0 aliphatic heterocycles. The minimum atomic E-state index is -1.79. The molecular weight excluding hydrogens is 474 g/mol. The topological polar surface area (TPSA) is 197 Å². The van der Waals surface area contributed by atoms with Crippen LogP contribution in [0.4, 0.5) is 9.59 Å². The lowest BCUT2D eigenvalue weighted by atomic mass is 10.1. The Balaban J connectivity index is 2.02. The van der Waals surface area contributed by atoms with Gasteiger partial charge in [-0.25, -0.2) is 28.9 Å². The van der Waals surface area contributed by atoms with Gasteiger partial charge in [0, 0.05) is 17.1 Å². The fourth-order valence-electron chi connectivity index (χ4n) is 2.51. The van der Waals surface area contributed by atoms with Crippen LogP contribution in [0.5, 0.6) is 5.75 Å². The molecule has 12 heteroatoms. The third kappa shape index (κ3) is 7.85.